The monoisotopic (exact) mass is 804 g/mol. The number of methoxy groups -OCH3 is 1. The second-order valence-electron chi connectivity index (χ2n) is 16.6. The van der Waals surface area contributed by atoms with E-state index in [-0.39, 0.29) is 35.5 Å². The van der Waals surface area contributed by atoms with Gasteiger partial charge in [-0.15, -0.1) is 0 Å². The van der Waals surface area contributed by atoms with Gasteiger partial charge in [-0.3, -0.25) is 14.9 Å². The summed E-state index contributed by atoms with van der Waals surface area (Å²) in [6.07, 6.45) is 5.33. The van der Waals surface area contributed by atoms with Crippen LogP contribution in [0.3, 0.4) is 0 Å². The van der Waals surface area contributed by atoms with Crippen molar-refractivity contribution < 1.29 is 37.8 Å². The molecule has 2 fully saturated rings. The van der Waals surface area contributed by atoms with Gasteiger partial charge in [0, 0.05) is 37.0 Å². The first-order valence-electron chi connectivity index (χ1n) is 19.9. The van der Waals surface area contributed by atoms with Gasteiger partial charge in [-0.2, -0.15) is 0 Å². The lowest BCUT2D eigenvalue weighted by atomic mass is 10.1. The number of nitrogens with two attached hydrogens (primary N) is 1. The maximum absolute atomic E-state index is 14.2. The van der Waals surface area contributed by atoms with E-state index in [1.165, 1.54) is 13.2 Å². The van der Waals surface area contributed by atoms with Crippen LogP contribution in [0.15, 0.2) is 61.2 Å². The first-order chi connectivity index (χ1) is 26.9. The highest BCUT2D eigenvalue weighted by Crippen LogP contribution is 2.38. The zero-order chi connectivity index (χ0) is 42.1. The van der Waals surface area contributed by atoms with E-state index in [2.05, 4.69) is 65.8 Å². The van der Waals surface area contributed by atoms with Crippen LogP contribution in [0.2, 0.25) is 18.1 Å². The van der Waals surface area contributed by atoms with Crippen LogP contribution in [0, 0.1) is 6.92 Å². The van der Waals surface area contributed by atoms with Crippen molar-refractivity contribution in [3.8, 4) is 17.2 Å². The van der Waals surface area contributed by atoms with Crippen LogP contribution in [-0.2, 0) is 9.16 Å². The minimum atomic E-state index is -2.06. The summed E-state index contributed by atoms with van der Waals surface area (Å²) in [5.41, 5.74) is 10.5. The summed E-state index contributed by atoms with van der Waals surface area (Å²) in [6, 6.07) is 6.68. The normalized spacial score (nSPS) is 17.1. The van der Waals surface area contributed by atoms with Crippen molar-refractivity contribution in [3.63, 3.8) is 0 Å². The fraction of sp³-hybridized carbons (Fsp3) is 0.523. The lowest BCUT2D eigenvalue weighted by Crippen LogP contribution is -2.46. The largest absolute Gasteiger partial charge is 0.493 e. The second kappa shape index (κ2) is 19.6. The molecule has 12 nitrogen and oxygen atoms in total. The Morgan fingerprint density at radius 2 is 1.49 bits per heavy atom. The zero-order valence-electron chi connectivity index (χ0n) is 35.4. The Labute approximate surface area is 340 Å². The van der Waals surface area contributed by atoms with Crippen LogP contribution in [0.1, 0.15) is 92.5 Å². The van der Waals surface area contributed by atoms with Crippen LogP contribution >= 0.6 is 0 Å². The van der Waals surface area contributed by atoms with Crippen molar-refractivity contribution in [2.24, 2.45) is 0 Å². The van der Waals surface area contributed by atoms with Crippen LogP contribution in [0.25, 0.3) is 0 Å². The maximum atomic E-state index is 14.2. The Hall–Kier alpha value is -4.75. The van der Waals surface area contributed by atoms with E-state index >= 15 is 0 Å². The Bertz CT molecular complexity index is 1820. The molecule has 57 heavy (non-hydrogen) atoms. The minimum absolute atomic E-state index is 0.0208. The van der Waals surface area contributed by atoms with Gasteiger partial charge >= 0.3 is 6.09 Å². The van der Waals surface area contributed by atoms with Crippen molar-refractivity contribution in [1.82, 2.24) is 9.80 Å². The number of aryl methyl sites for hydroxylation is 1. The third kappa shape index (κ3) is 11.4. The summed E-state index contributed by atoms with van der Waals surface area (Å²) in [6.45, 7) is 29.0. The first-order valence-corrected chi connectivity index (χ1v) is 22.8. The Morgan fingerprint density at radius 1 is 0.895 bits per heavy atom. The first kappa shape index (κ1) is 45.0. The number of nitrogens with one attached hydrogen (secondary N) is 1. The highest BCUT2D eigenvalue weighted by molar-refractivity contribution is 6.74. The third-order valence-corrected chi connectivity index (χ3v) is 15.6. The number of nitrogens with zero attached hydrogens (tertiary/aromatic N) is 2. The van der Waals surface area contributed by atoms with E-state index in [0.29, 0.717) is 79.1 Å². The fourth-order valence-corrected chi connectivity index (χ4v) is 7.80. The molecule has 0 saturated carbocycles. The number of carbonyl (C=O) groups excluding carboxylic acids is 3. The van der Waals surface area contributed by atoms with Crippen molar-refractivity contribution in [2.45, 2.75) is 103 Å². The van der Waals surface area contributed by atoms with Crippen molar-refractivity contribution in [2.75, 3.05) is 57.7 Å². The van der Waals surface area contributed by atoms with Crippen molar-refractivity contribution >= 4 is 37.6 Å². The molecular weight excluding hydrogens is 741 g/mol. The van der Waals surface area contributed by atoms with Gasteiger partial charge in [0.05, 0.1) is 49.8 Å². The van der Waals surface area contributed by atoms with Gasteiger partial charge in [0.25, 0.3) is 11.8 Å². The number of anilines is 2. The van der Waals surface area contributed by atoms with Gasteiger partial charge in [-0.05, 0) is 81.3 Å². The summed E-state index contributed by atoms with van der Waals surface area (Å²) in [4.78, 5) is 43.9. The molecule has 2 aliphatic rings. The molecule has 2 heterocycles. The van der Waals surface area contributed by atoms with E-state index < -0.39 is 14.4 Å². The summed E-state index contributed by atoms with van der Waals surface area (Å²) in [5, 5.41) is 2.78. The number of nitrogen functional groups attached to an aromatic ring is 1. The molecule has 3 amide bonds. The van der Waals surface area contributed by atoms with Crippen molar-refractivity contribution in [1.29, 1.82) is 0 Å². The van der Waals surface area contributed by atoms with Gasteiger partial charge in [0.1, 0.15) is 12.4 Å². The summed E-state index contributed by atoms with van der Waals surface area (Å²) >= 11 is 0. The standard InChI is InChI=1S/C44H64N4O8Si/c1-12-17-55-43(51)46-37-25-38(31(5)22-35(37)42(50)48-27-30(4)21-33(48)28-56-57(10,11)44(6,7)8)53-18-15-14-16-19-54-40-24-36(45)34(23-39(40)52-9)41(49)47-26-29(3)20-32(47)13-2/h12,22-25,32-33H,1,3-4,13-21,26-28,45H2,2,5-11H3,(H,46,51)/t32-,33+/m1/s1. The molecule has 2 saturated heterocycles. The molecule has 0 bridgehead atoms. The van der Waals surface area contributed by atoms with E-state index in [4.69, 9.17) is 29.1 Å². The molecule has 13 heteroatoms. The minimum Gasteiger partial charge on any atom is -0.493 e. The predicted molar refractivity (Wildman–Crippen MR) is 229 cm³/mol. The average Bonchev–Trinajstić information content (AvgIpc) is 3.73. The molecule has 3 N–H and O–H groups in total. The highest BCUT2D eigenvalue weighted by atomic mass is 28.4. The number of benzene rings is 2. The number of ether oxygens (including phenoxy) is 4. The van der Waals surface area contributed by atoms with E-state index in [1.54, 1.807) is 29.2 Å². The van der Waals surface area contributed by atoms with Gasteiger partial charge < -0.3 is 38.9 Å². The molecule has 0 aromatic heterocycles. The van der Waals surface area contributed by atoms with Crippen LogP contribution < -0.4 is 25.3 Å². The number of likely N-dealkylation sites (tertiary alicyclic amines) is 2. The molecule has 2 aromatic carbocycles. The number of amides is 3. The second-order valence-corrected chi connectivity index (χ2v) is 21.4. The molecule has 0 unspecified atom stereocenters. The van der Waals surface area contributed by atoms with Crippen LogP contribution in [0.5, 0.6) is 17.2 Å². The maximum Gasteiger partial charge on any atom is 0.411 e. The Kier molecular flexibility index (Phi) is 15.5. The van der Waals surface area contributed by atoms with E-state index in [9.17, 15) is 14.4 Å². The molecule has 312 valence electrons. The number of rotatable bonds is 18. The zero-order valence-corrected chi connectivity index (χ0v) is 36.4. The average molecular weight is 805 g/mol. The summed E-state index contributed by atoms with van der Waals surface area (Å²) in [7, 11) is -0.516. The van der Waals surface area contributed by atoms with Gasteiger partial charge in [-0.25, -0.2) is 4.79 Å². The highest BCUT2D eigenvalue weighted by Gasteiger charge is 2.40. The van der Waals surface area contributed by atoms with Crippen LogP contribution in [0.4, 0.5) is 16.2 Å². The lowest BCUT2D eigenvalue weighted by Gasteiger charge is -2.38. The summed E-state index contributed by atoms with van der Waals surface area (Å²) in [5.74, 6) is 1.11. The molecule has 4 rings (SSSR count). The van der Waals surface area contributed by atoms with Crippen molar-refractivity contribution in [3.05, 3.63) is 77.9 Å². The van der Waals surface area contributed by atoms with Crippen LogP contribution in [-0.4, -0.2) is 94.7 Å². The number of hydrogen-bond donors (Lipinski definition) is 2. The topological polar surface area (TPSA) is 142 Å². The SMILES string of the molecule is C=CCOC(=O)Nc1cc(OCCCCCOc2cc(N)c(C(=O)N3CC(=C)C[C@H]3CC)cc2OC)c(C)cc1C(=O)N1CC(=C)C[C@H]1CO[Si](C)(C)C(C)(C)C. The van der Waals surface area contributed by atoms with Gasteiger partial charge in [0.15, 0.2) is 19.8 Å². The molecule has 0 radical (unpaired) electrons. The number of unbranched alkanes of at least 4 members (excludes halogenated alkanes) is 2. The Balaban J connectivity index is 1.37. The molecular formula is C44H64N4O8Si. The quantitative estimate of drug-likeness (QED) is 0.0654. The van der Waals surface area contributed by atoms with Gasteiger partial charge in [-0.1, -0.05) is 64.7 Å². The fourth-order valence-electron chi connectivity index (χ4n) is 6.76. The number of hydrogen-bond acceptors (Lipinski definition) is 9. The number of carbonyl (C=O) groups is 3. The predicted octanol–water partition coefficient (Wildman–Crippen LogP) is 8.92. The van der Waals surface area contributed by atoms with E-state index in [0.717, 1.165) is 48.8 Å². The molecule has 2 atom stereocenters. The van der Waals surface area contributed by atoms with E-state index in [1.807, 2.05) is 11.8 Å². The molecule has 2 aromatic rings. The lowest BCUT2D eigenvalue weighted by molar-refractivity contribution is 0.0685. The summed E-state index contributed by atoms with van der Waals surface area (Å²) < 4.78 is 29.5. The van der Waals surface area contributed by atoms with Gasteiger partial charge in [0.2, 0.25) is 0 Å². The molecule has 2 aliphatic heterocycles. The molecule has 0 spiro atoms. The molecule has 0 aliphatic carbocycles. The smallest absolute Gasteiger partial charge is 0.411 e. The third-order valence-electron chi connectivity index (χ3n) is 11.1. The Morgan fingerprint density at radius 3 is 2.09 bits per heavy atom.